The maximum atomic E-state index is 12.9. The van der Waals surface area contributed by atoms with Gasteiger partial charge in [0.25, 0.3) is 0 Å². The van der Waals surface area contributed by atoms with Crippen LogP contribution in [0.15, 0.2) is 48.5 Å². The van der Waals surface area contributed by atoms with E-state index in [1.54, 1.807) is 17.0 Å². The number of nitrogens with zero attached hydrogens (tertiary/aromatic N) is 1. The summed E-state index contributed by atoms with van der Waals surface area (Å²) >= 11 is 0. The summed E-state index contributed by atoms with van der Waals surface area (Å²) in [6.07, 6.45) is 1.15. The molecule has 2 aromatic carbocycles. The molecule has 1 fully saturated rings. The Kier molecular flexibility index (Phi) is 6.01. The molecule has 2 aromatic rings. The zero-order valence-corrected chi connectivity index (χ0v) is 14.8. The van der Waals surface area contributed by atoms with E-state index in [9.17, 15) is 18.4 Å². The normalized spacial score (nSPS) is 14.7. The van der Waals surface area contributed by atoms with E-state index in [1.807, 2.05) is 0 Å². The van der Waals surface area contributed by atoms with Crippen LogP contribution in [0.3, 0.4) is 0 Å². The summed E-state index contributed by atoms with van der Waals surface area (Å²) in [5.41, 5.74) is 1.36. The van der Waals surface area contributed by atoms with Crippen molar-refractivity contribution in [2.45, 2.75) is 19.4 Å². The molecular formula is C20H21F2N3O2. The molecule has 0 bridgehead atoms. The lowest BCUT2D eigenvalue weighted by Gasteiger charge is -2.31. The summed E-state index contributed by atoms with van der Waals surface area (Å²) in [5.74, 6) is -0.880. The Bertz CT molecular complexity index is 786. The lowest BCUT2D eigenvalue weighted by Crippen LogP contribution is -2.44. The molecule has 0 saturated carbocycles. The van der Waals surface area contributed by atoms with Gasteiger partial charge in [-0.15, -0.1) is 0 Å². The fraction of sp³-hybridized carbons (Fsp3) is 0.300. The van der Waals surface area contributed by atoms with E-state index >= 15 is 0 Å². The zero-order valence-electron chi connectivity index (χ0n) is 14.8. The Labute approximate surface area is 156 Å². The van der Waals surface area contributed by atoms with Gasteiger partial charge in [0.1, 0.15) is 11.6 Å². The second kappa shape index (κ2) is 8.62. The summed E-state index contributed by atoms with van der Waals surface area (Å²) in [6.45, 7) is 1.30. The molecule has 0 atom stereocenters. The lowest BCUT2D eigenvalue weighted by molar-refractivity contribution is -0.126. The van der Waals surface area contributed by atoms with Gasteiger partial charge < -0.3 is 15.5 Å². The summed E-state index contributed by atoms with van der Waals surface area (Å²) in [6, 6.07) is 11.3. The topological polar surface area (TPSA) is 61.4 Å². The number of amides is 3. The van der Waals surface area contributed by atoms with E-state index < -0.39 is 0 Å². The van der Waals surface area contributed by atoms with Crippen molar-refractivity contribution in [3.63, 3.8) is 0 Å². The van der Waals surface area contributed by atoms with E-state index in [0.717, 1.165) is 5.56 Å². The van der Waals surface area contributed by atoms with Crippen molar-refractivity contribution in [2.75, 3.05) is 18.4 Å². The minimum absolute atomic E-state index is 0.0575. The standard InChI is InChI=1S/C20H21F2N3O2/c21-16-3-1-14(2-4-16)13-23-19(26)15-9-11-25(12-10-15)20(27)24-18-7-5-17(22)6-8-18/h1-8,15H,9-13H2,(H,23,26)(H,24,27). The van der Waals surface area contributed by atoms with E-state index in [1.165, 1.54) is 36.4 Å². The molecular weight excluding hydrogens is 352 g/mol. The number of rotatable bonds is 4. The first-order chi connectivity index (χ1) is 13.0. The maximum absolute atomic E-state index is 12.9. The van der Waals surface area contributed by atoms with Gasteiger partial charge >= 0.3 is 6.03 Å². The number of carbonyl (C=O) groups excluding carboxylic acids is 2. The summed E-state index contributed by atoms with van der Waals surface area (Å²) in [7, 11) is 0. The van der Waals surface area contributed by atoms with Crippen molar-refractivity contribution in [3.8, 4) is 0 Å². The molecule has 0 aromatic heterocycles. The molecule has 1 heterocycles. The second-order valence-electron chi connectivity index (χ2n) is 6.54. The third kappa shape index (κ3) is 5.26. The first-order valence-corrected chi connectivity index (χ1v) is 8.85. The number of hydrogen-bond acceptors (Lipinski definition) is 2. The fourth-order valence-electron chi connectivity index (χ4n) is 3.02. The van der Waals surface area contributed by atoms with Crippen LogP contribution in [0.2, 0.25) is 0 Å². The second-order valence-corrected chi connectivity index (χ2v) is 6.54. The first-order valence-electron chi connectivity index (χ1n) is 8.85. The molecule has 0 unspecified atom stereocenters. The minimum Gasteiger partial charge on any atom is -0.352 e. The van der Waals surface area contributed by atoms with Crippen LogP contribution in [0.1, 0.15) is 18.4 Å². The van der Waals surface area contributed by atoms with Crippen molar-refractivity contribution in [2.24, 2.45) is 5.92 Å². The summed E-state index contributed by atoms with van der Waals surface area (Å²) in [5, 5.41) is 5.58. The SMILES string of the molecule is O=C(NCc1ccc(F)cc1)C1CCN(C(=O)Nc2ccc(F)cc2)CC1. The molecule has 3 amide bonds. The van der Waals surface area contributed by atoms with E-state index in [-0.39, 0.29) is 29.5 Å². The first kappa shape index (κ1) is 18.8. The third-order valence-corrected chi connectivity index (χ3v) is 4.63. The third-order valence-electron chi connectivity index (χ3n) is 4.63. The van der Waals surface area contributed by atoms with Crippen LogP contribution in [-0.4, -0.2) is 29.9 Å². The molecule has 142 valence electrons. The van der Waals surface area contributed by atoms with Crippen molar-refractivity contribution in [1.29, 1.82) is 0 Å². The highest BCUT2D eigenvalue weighted by atomic mass is 19.1. The smallest absolute Gasteiger partial charge is 0.321 e. The largest absolute Gasteiger partial charge is 0.352 e. The van der Waals surface area contributed by atoms with Gasteiger partial charge in [-0.2, -0.15) is 0 Å². The van der Waals surface area contributed by atoms with E-state index in [2.05, 4.69) is 10.6 Å². The average Bonchev–Trinajstić information content (AvgIpc) is 2.69. The number of carbonyl (C=O) groups is 2. The van der Waals surface area contributed by atoms with E-state index in [0.29, 0.717) is 38.2 Å². The highest BCUT2D eigenvalue weighted by molar-refractivity contribution is 5.89. The highest BCUT2D eigenvalue weighted by Gasteiger charge is 2.27. The monoisotopic (exact) mass is 373 g/mol. The van der Waals surface area contributed by atoms with Crippen LogP contribution in [0.25, 0.3) is 0 Å². The Morgan fingerprint density at radius 2 is 1.48 bits per heavy atom. The Balaban J connectivity index is 1.43. The van der Waals surface area contributed by atoms with Gasteiger partial charge in [-0.1, -0.05) is 12.1 Å². The zero-order chi connectivity index (χ0) is 19.2. The van der Waals surface area contributed by atoms with Gasteiger partial charge in [0.2, 0.25) is 5.91 Å². The van der Waals surface area contributed by atoms with Crippen molar-refractivity contribution in [3.05, 3.63) is 65.7 Å². The molecule has 1 aliphatic heterocycles. The molecule has 0 spiro atoms. The molecule has 2 N–H and O–H groups in total. The molecule has 7 heteroatoms. The van der Waals surface area contributed by atoms with Crippen LogP contribution in [0, 0.1) is 17.6 Å². The Morgan fingerprint density at radius 3 is 2.07 bits per heavy atom. The molecule has 5 nitrogen and oxygen atoms in total. The van der Waals surface area contributed by atoms with Crippen molar-refractivity contribution in [1.82, 2.24) is 10.2 Å². The van der Waals surface area contributed by atoms with Crippen LogP contribution in [0.5, 0.6) is 0 Å². The molecule has 1 aliphatic rings. The van der Waals surface area contributed by atoms with Crippen LogP contribution in [-0.2, 0) is 11.3 Å². The van der Waals surface area contributed by atoms with Gasteiger partial charge in [0, 0.05) is 31.2 Å². The summed E-state index contributed by atoms with van der Waals surface area (Å²) in [4.78, 5) is 26.2. The molecule has 3 rings (SSSR count). The van der Waals surface area contributed by atoms with Crippen LogP contribution < -0.4 is 10.6 Å². The molecule has 0 radical (unpaired) electrons. The molecule has 1 saturated heterocycles. The Morgan fingerprint density at radius 1 is 0.926 bits per heavy atom. The van der Waals surface area contributed by atoms with Gasteiger partial charge in [0.05, 0.1) is 0 Å². The number of piperidine rings is 1. The predicted octanol–water partition coefficient (Wildman–Crippen LogP) is 3.53. The maximum Gasteiger partial charge on any atom is 0.321 e. The quantitative estimate of drug-likeness (QED) is 0.861. The van der Waals surface area contributed by atoms with Crippen molar-refractivity contribution < 1.29 is 18.4 Å². The number of likely N-dealkylation sites (tertiary alicyclic amines) is 1. The number of anilines is 1. The van der Waals surface area contributed by atoms with Crippen LogP contribution in [0.4, 0.5) is 19.3 Å². The average molecular weight is 373 g/mol. The lowest BCUT2D eigenvalue weighted by atomic mass is 9.96. The van der Waals surface area contributed by atoms with Gasteiger partial charge in [-0.3, -0.25) is 4.79 Å². The Hall–Kier alpha value is -2.96. The number of nitrogens with one attached hydrogen (secondary N) is 2. The van der Waals surface area contributed by atoms with Gasteiger partial charge in [-0.25, -0.2) is 13.6 Å². The van der Waals surface area contributed by atoms with E-state index in [4.69, 9.17) is 0 Å². The molecule has 27 heavy (non-hydrogen) atoms. The number of benzene rings is 2. The highest BCUT2D eigenvalue weighted by Crippen LogP contribution is 2.19. The number of halogens is 2. The summed E-state index contributed by atoms with van der Waals surface area (Å²) < 4.78 is 25.8. The number of urea groups is 1. The minimum atomic E-state index is -0.361. The molecule has 0 aliphatic carbocycles. The number of hydrogen-bond donors (Lipinski definition) is 2. The van der Waals surface area contributed by atoms with Gasteiger partial charge in [-0.05, 0) is 54.8 Å². The van der Waals surface area contributed by atoms with Crippen LogP contribution >= 0.6 is 0 Å². The predicted molar refractivity (Wildman–Crippen MR) is 98.0 cm³/mol. The fourth-order valence-corrected chi connectivity index (χ4v) is 3.02. The van der Waals surface area contributed by atoms with Crippen molar-refractivity contribution >= 4 is 17.6 Å². The van der Waals surface area contributed by atoms with Gasteiger partial charge in [0.15, 0.2) is 0 Å².